The summed E-state index contributed by atoms with van der Waals surface area (Å²) in [4.78, 5) is 4.19. The fraction of sp³-hybridized carbons (Fsp3) is 0.800. The highest BCUT2D eigenvalue weighted by Gasteiger charge is 2.02. The van der Waals surface area contributed by atoms with Gasteiger partial charge in [-0.15, -0.1) is 34.2 Å². The Hall–Kier alpha value is -0.900. The van der Waals surface area contributed by atoms with Crippen molar-refractivity contribution in [2.24, 2.45) is 10.9 Å². The lowest BCUT2D eigenvalue weighted by Gasteiger charge is -2.13. The third-order valence-corrected chi connectivity index (χ3v) is 3.26. The second-order valence-corrected chi connectivity index (χ2v) is 5.51. The molecule has 2 N–H and O–H groups in total. The van der Waals surface area contributed by atoms with Crippen molar-refractivity contribution in [1.29, 1.82) is 0 Å². The zero-order valence-electron chi connectivity index (χ0n) is 14.7. The largest absolute Gasteiger partial charge is 0.380 e. The molecule has 0 unspecified atom stereocenters. The van der Waals surface area contributed by atoms with Crippen molar-refractivity contribution < 1.29 is 4.74 Å². The first-order chi connectivity index (χ1) is 10.7. The minimum Gasteiger partial charge on any atom is -0.380 e. The van der Waals surface area contributed by atoms with E-state index in [1.54, 1.807) is 13.4 Å². The first kappa shape index (κ1) is 22.1. The van der Waals surface area contributed by atoms with Crippen LogP contribution in [-0.2, 0) is 17.7 Å². The molecule has 0 aliphatic rings. The molecule has 0 saturated heterocycles. The van der Waals surface area contributed by atoms with Crippen LogP contribution >= 0.6 is 24.0 Å². The van der Waals surface area contributed by atoms with Crippen LogP contribution in [0.5, 0.6) is 0 Å². The van der Waals surface area contributed by atoms with E-state index in [1.807, 2.05) is 0 Å². The van der Waals surface area contributed by atoms with Gasteiger partial charge in [0.25, 0.3) is 0 Å². The van der Waals surface area contributed by atoms with Crippen LogP contribution in [0.4, 0.5) is 0 Å². The Morgan fingerprint density at radius 3 is 2.70 bits per heavy atom. The molecule has 0 fully saturated rings. The third kappa shape index (κ3) is 9.75. The number of hydrogen-bond donors (Lipinski definition) is 2. The summed E-state index contributed by atoms with van der Waals surface area (Å²) in [5.41, 5.74) is 0. The van der Waals surface area contributed by atoms with Crippen molar-refractivity contribution in [1.82, 2.24) is 25.4 Å². The number of rotatable bonds is 10. The fourth-order valence-electron chi connectivity index (χ4n) is 1.92. The van der Waals surface area contributed by atoms with Crippen LogP contribution in [0.15, 0.2) is 11.3 Å². The van der Waals surface area contributed by atoms with Gasteiger partial charge < -0.3 is 19.9 Å². The molecule has 0 amide bonds. The molecule has 1 aromatic rings. The summed E-state index contributed by atoms with van der Waals surface area (Å²) in [7, 11) is 1.77. The Bertz CT molecular complexity index is 435. The van der Waals surface area contributed by atoms with Crippen molar-refractivity contribution in [3.63, 3.8) is 0 Å². The van der Waals surface area contributed by atoms with Crippen molar-refractivity contribution in [2.45, 2.75) is 40.2 Å². The summed E-state index contributed by atoms with van der Waals surface area (Å²) in [6, 6.07) is 0. The molecule has 0 saturated carbocycles. The lowest BCUT2D eigenvalue weighted by Crippen LogP contribution is -2.40. The molecule has 0 radical (unpaired) electrons. The van der Waals surface area contributed by atoms with E-state index in [0.717, 1.165) is 50.9 Å². The maximum absolute atomic E-state index is 5.57. The quantitative estimate of drug-likeness (QED) is 0.252. The Balaban J connectivity index is 0.00000484. The molecule has 0 aliphatic carbocycles. The van der Waals surface area contributed by atoms with Crippen LogP contribution in [0.25, 0.3) is 0 Å². The van der Waals surface area contributed by atoms with Gasteiger partial charge in [-0.25, -0.2) is 0 Å². The van der Waals surface area contributed by atoms with Crippen LogP contribution in [0.3, 0.4) is 0 Å². The van der Waals surface area contributed by atoms with E-state index in [0.29, 0.717) is 12.5 Å². The first-order valence-electron chi connectivity index (χ1n) is 8.06. The lowest BCUT2D eigenvalue weighted by molar-refractivity contribution is 0.128. The van der Waals surface area contributed by atoms with Crippen molar-refractivity contribution in [2.75, 3.05) is 33.4 Å². The predicted molar refractivity (Wildman–Crippen MR) is 104 cm³/mol. The number of nitrogens with zero attached hydrogens (tertiary/aromatic N) is 4. The van der Waals surface area contributed by atoms with Gasteiger partial charge in [0.15, 0.2) is 5.96 Å². The van der Waals surface area contributed by atoms with Gasteiger partial charge in [0.05, 0.1) is 6.61 Å². The van der Waals surface area contributed by atoms with Crippen LogP contribution in [0.1, 0.15) is 33.0 Å². The van der Waals surface area contributed by atoms with Gasteiger partial charge in [-0.1, -0.05) is 20.8 Å². The molecule has 8 heteroatoms. The van der Waals surface area contributed by atoms with Crippen molar-refractivity contribution in [3.05, 3.63) is 12.2 Å². The standard InChI is InChI=1S/C15H30N6O.HI/c1-5-14-20-19-12-21(14)9-7-17-15(16-4)18-8-11-22-10-6-13(2)3;/h12-13H,5-11H2,1-4H3,(H2,16,17,18);1H. The Morgan fingerprint density at radius 1 is 1.30 bits per heavy atom. The van der Waals surface area contributed by atoms with Crippen LogP contribution < -0.4 is 10.6 Å². The molecule has 0 aliphatic heterocycles. The number of aliphatic imine (C=N–C) groups is 1. The minimum absolute atomic E-state index is 0. The molecule has 134 valence electrons. The van der Waals surface area contributed by atoms with Crippen molar-refractivity contribution >= 4 is 29.9 Å². The molecule has 0 aromatic carbocycles. The number of ether oxygens (including phenoxy) is 1. The number of hydrogen-bond acceptors (Lipinski definition) is 4. The average molecular weight is 438 g/mol. The number of guanidine groups is 1. The van der Waals surface area contributed by atoms with Gasteiger partial charge in [-0.2, -0.15) is 0 Å². The first-order valence-corrected chi connectivity index (χ1v) is 8.06. The summed E-state index contributed by atoms with van der Waals surface area (Å²) in [5, 5.41) is 14.5. The molecule has 1 aromatic heterocycles. The van der Waals surface area contributed by atoms with Gasteiger partial charge in [0.1, 0.15) is 12.2 Å². The molecule has 7 nitrogen and oxygen atoms in total. The van der Waals surface area contributed by atoms with Crippen LogP contribution in [0.2, 0.25) is 0 Å². The minimum atomic E-state index is 0. The second-order valence-electron chi connectivity index (χ2n) is 5.51. The van der Waals surface area contributed by atoms with E-state index in [4.69, 9.17) is 4.74 Å². The Kier molecular flexibility index (Phi) is 13.0. The summed E-state index contributed by atoms with van der Waals surface area (Å²) >= 11 is 0. The van der Waals surface area contributed by atoms with Crippen LogP contribution in [0, 0.1) is 5.92 Å². The van der Waals surface area contributed by atoms with E-state index >= 15 is 0 Å². The highest BCUT2D eigenvalue weighted by atomic mass is 127. The predicted octanol–water partition coefficient (Wildman–Crippen LogP) is 1.69. The smallest absolute Gasteiger partial charge is 0.191 e. The molecule has 1 rings (SSSR count). The average Bonchev–Trinajstić information content (AvgIpc) is 2.96. The van der Waals surface area contributed by atoms with Gasteiger partial charge in [0.2, 0.25) is 0 Å². The topological polar surface area (TPSA) is 76.4 Å². The second kappa shape index (κ2) is 13.5. The summed E-state index contributed by atoms with van der Waals surface area (Å²) in [5.74, 6) is 2.48. The van der Waals surface area contributed by atoms with Gasteiger partial charge >= 0.3 is 0 Å². The number of nitrogens with one attached hydrogen (secondary N) is 2. The van der Waals surface area contributed by atoms with E-state index in [-0.39, 0.29) is 24.0 Å². The summed E-state index contributed by atoms with van der Waals surface area (Å²) < 4.78 is 7.62. The number of aromatic nitrogens is 3. The Labute approximate surface area is 156 Å². The normalized spacial score (nSPS) is 11.4. The van der Waals surface area contributed by atoms with E-state index < -0.39 is 0 Å². The highest BCUT2D eigenvalue weighted by molar-refractivity contribution is 14.0. The molecular weight excluding hydrogens is 407 g/mol. The van der Waals surface area contributed by atoms with E-state index in [1.165, 1.54) is 0 Å². The van der Waals surface area contributed by atoms with Gasteiger partial charge in [-0.3, -0.25) is 4.99 Å². The Morgan fingerprint density at radius 2 is 2.04 bits per heavy atom. The SMILES string of the molecule is CCc1nncn1CCNC(=NC)NCCOCCC(C)C.I. The van der Waals surface area contributed by atoms with Crippen molar-refractivity contribution in [3.8, 4) is 0 Å². The maximum atomic E-state index is 5.57. The highest BCUT2D eigenvalue weighted by Crippen LogP contribution is 1.98. The van der Waals surface area contributed by atoms with Gasteiger partial charge in [-0.05, 0) is 12.3 Å². The number of aryl methyl sites for hydroxylation is 1. The van der Waals surface area contributed by atoms with Gasteiger partial charge in [0, 0.05) is 39.7 Å². The summed E-state index contributed by atoms with van der Waals surface area (Å²) in [6.07, 6.45) is 3.76. The molecule has 0 spiro atoms. The maximum Gasteiger partial charge on any atom is 0.191 e. The molecule has 0 bridgehead atoms. The lowest BCUT2D eigenvalue weighted by atomic mass is 10.1. The molecule has 0 atom stereocenters. The summed E-state index contributed by atoms with van der Waals surface area (Å²) in [6.45, 7) is 10.3. The molecule has 1 heterocycles. The molecular formula is C15H31IN6O. The number of halogens is 1. The fourth-order valence-corrected chi connectivity index (χ4v) is 1.92. The zero-order chi connectivity index (χ0) is 16.2. The van der Waals surface area contributed by atoms with E-state index in [2.05, 4.69) is 51.2 Å². The monoisotopic (exact) mass is 438 g/mol. The third-order valence-electron chi connectivity index (χ3n) is 3.26. The zero-order valence-corrected chi connectivity index (χ0v) is 17.0. The molecule has 23 heavy (non-hydrogen) atoms. The van der Waals surface area contributed by atoms with Crippen LogP contribution in [-0.4, -0.2) is 54.1 Å². The van der Waals surface area contributed by atoms with E-state index in [9.17, 15) is 0 Å².